The van der Waals surface area contributed by atoms with Gasteiger partial charge < -0.3 is 14.8 Å². The first-order valence-electron chi connectivity index (χ1n) is 7.67. The molecule has 0 aliphatic carbocycles. The second kappa shape index (κ2) is 6.60. The minimum absolute atomic E-state index is 0.00641. The summed E-state index contributed by atoms with van der Waals surface area (Å²) in [6.45, 7) is 3.53. The standard InChI is InChI=1S/C16H21N5O/c1-13(11-20-10-8-18-12-20)19-16(22)21-9-2-3-15(21)14-4-6-17-7-5-14/h4-8,10,12-13,15H,2-3,9,11H2,1H3,(H,19,22)/t13-,15-/m1/s1. The SMILES string of the molecule is C[C@H](Cn1ccnc1)NC(=O)N1CCC[C@@H]1c1ccncc1. The Morgan fingerprint density at radius 1 is 1.36 bits per heavy atom. The molecule has 6 nitrogen and oxygen atoms in total. The van der Waals surface area contributed by atoms with Gasteiger partial charge in [-0.2, -0.15) is 0 Å². The third-order valence-electron chi connectivity index (χ3n) is 4.02. The Balaban J connectivity index is 1.61. The number of carbonyl (C=O) groups is 1. The lowest BCUT2D eigenvalue weighted by Crippen LogP contribution is -2.44. The molecule has 0 unspecified atom stereocenters. The first-order valence-corrected chi connectivity index (χ1v) is 7.67. The van der Waals surface area contributed by atoms with Crippen molar-refractivity contribution in [3.05, 3.63) is 48.8 Å². The number of nitrogens with one attached hydrogen (secondary N) is 1. The lowest BCUT2D eigenvalue weighted by molar-refractivity contribution is 0.188. The Bertz CT molecular complexity index is 598. The smallest absolute Gasteiger partial charge is 0.318 e. The van der Waals surface area contributed by atoms with Crippen molar-refractivity contribution in [2.75, 3.05) is 6.54 Å². The van der Waals surface area contributed by atoms with Crippen molar-refractivity contribution in [3.63, 3.8) is 0 Å². The Morgan fingerprint density at radius 3 is 2.91 bits per heavy atom. The maximum absolute atomic E-state index is 12.5. The van der Waals surface area contributed by atoms with Crippen molar-refractivity contribution in [1.82, 2.24) is 24.8 Å². The molecule has 0 bridgehead atoms. The molecule has 1 N–H and O–H groups in total. The molecule has 2 amide bonds. The molecule has 2 aromatic heterocycles. The average Bonchev–Trinajstić information content (AvgIpc) is 3.18. The van der Waals surface area contributed by atoms with Gasteiger partial charge in [-0.3, -0.25) is 4.98 Å². The van der Waals surface area contributed by atoms with E-state index in [1.165, 1.54) is 0 Å². The fraction of sp³-hybridized carbons (Fsp3) is 0.438. The van der Waals surface area contributed by atoms with Gasteiger partial charge in [0.15, 0.2) is 0 Å². The summed E-state index contributed by atoms with van der Waals surface area (Å²) in [4.78, 5) is 22.5. The van der Waals surface area contributed by atoms with Crippen LogP contribution >= 0.6 is 0 Å². The van der Waals surface area contributed by atoms with Crippen LogP contribution in [0.25, 0.3) is 0 Å². The van der Waals surface area contributed by atoms with Gasteiger partial charge in [0.1, 0.15) is 0 Å². The van der Waals surface area contributed by atoms with Crippen molar-refractivity contribution in [2.45, 2.75) is 38.4 Å². The number of nitrogens with zero attached hydrogens (tertiary/aromatic N) is 4. The zero-order chi connectivity index (χ0) is 15.4. The van der Waals surface area contributed by atoms with Crippen LogP contribution in [-0.4, -0.2) is 38.1 Å². The fourth-order valence-electron chi connectivity index (χ4n) is 2.99. The number of rotatable bonds is 4. The van der Waals surface area contributed by atoms with E-state index < -0.39 is 0 Å². The third-order valence-corrected chi connectivity index (χ3v) is 4.02. The van der Waals surface area contributed by atoms with Crippen molar-refractivity contribution >= 4 is 6.03 Å². The van der Waals surface area contributed by atoms with Crippen LogP contribution in [0.5, 0.6) is 0 Å². The number of likely N-dealkylation sites (tertiary alicyclic amines) is 1. The van der Waals surface area contributed by atoms with Crippen LogP contribution < -0.4 is 5.32 Å². The Morgan fingerprint density at radius 2 is 2.18 bits per heavy atom. The van der Waals surface area contributed by atoms with E-state index in [4.69, 9.17) is 0 Å². The molecule has 1 aliphatic rings. The lowest BCUT2D eigenvalue weighted by Gasteiger charge is -2.27. The highest BCUT2D eigenvalue weighted by Gasteiger charge is 2.30. The van der Waals surface area contributed by atoms with Gasteiger partial charge in [0.25, 0.3) is 0 Å². The first-order chi connectivity index (χ1) is 10.7. The summed E-state index contributed by atoms with van der Waals surface area (Å²) in [5, 5.41) is 3.08. The zero-order valence-electron chi connectivity index (χ0n) is 12.7. The van der Waals surface area contributed by atoms with E-state index in [1.54, 1.807) is 24.9 Å². The molecule has 0 radical (unpaired) electrons. The van der Waals surface area contributed by atoms with Crippen LogP contribution in [0.4, 0.5) is 4.79 Å². The number of amides is 2. The van der Waals surface area contributed by atoms with Crippen LogP contribution in [0.2, 0.25) is 0 Å². The highest BCUT2D eigenvalue weighted by molar-refractivity contribution is 5.75. The number of urea groups is 1. The Hall–Kier alpha value is -2.37. The summed E-state index contributed by atoms with van der Waals surface area (Å²) in [6, 6.07) is 4.20. The number of pyridine rings is 1. The number of hydrogen-bond acceptors (Lipinski definition) is 3. The van der Waals surface area contributed by atoms with Gasteiger partial charge in [-0.25, -0.2) is 9.78 Å². The van der Waals surface area contributed by atoms with E-state index in [0.717, 1.165) is 31.5 Å². The highest BCUT2D eigenvalue weighted by Crippen LogP contribution is 2.31. The second-order valence-corrected chi connectivity index (χ2v) is 5.74. The van der Waals surface area contributed by atoms with Gasteiger partial charge in [0, 0.05) is 43.9 Å². The summed E-state index contributed by atoms with van der Waals surface area (Å²) in [5.74, 6) is 0. The van der Waals surface area contributed by atoms with Crippen LogP contribution in [0, 0.1) is 0 Å². The van der Waals surface area contributed by atoms with Gasteiger partial charge in [0.2, 0.25) is 0 Å². The molecule has 2 atom stereocenters. The fourth-order valence-corrected chi connectivity index (χ4v) is 2.99. The van der Waals surface area contributed by atoms with Crippen molar-refractivity contribution in [3.8, 4) is 0 Å². The molecule has 22 heavy (non-hydrogen) atoms. The summed E-state index contributed by atoms with van der Waals surface area (Å²) >= 11 is 0. The predicted octanol–water partition coefficient (Wildman–Crippen LogP) is 2.21. The molecule has 116 valence electrons. The van der Waals surface area contributed by atoms with Gasteiger partial charge in [-0.05, 0) is 37.5 Å². The number of carbonyl (C=O) groups excluding carboxylic acids is 1. The summed E-state index contributed by atoms with van der Waals surface area (Å²) < 4.78 is 1.97. The molecular formula is C16H21N5O. The minimum atomic E-state index is 0.00641. The quantitative estimate of drug-likeness (QED) is 0.941. The highest BCUT2D eigenvalue weighted by atomic mass is 16.2. The van der Waals surface area contributed by atoms with E-state index >= 15 is 0 Å². The molecule has 1 aliphatic heterocycles. The molecule has 6 heteroatoms. The van der Waals surface area contributed by atoms with E-state index in [9.17, 15) is 4.79 Å². The van der Waals surface area contributed by atoms with Crippen LogP contribution in [-0.2, 0) is 6.54 Å². The summed E-state index contributed by atoms with van der Waals surface area (Å²) in [5.41, 5.74) is 1.16. The molecule has 3 rings (SSSR count). The lowest BCUT2D eigenvalue weighted by atomic mass is 10.1. The summed E-state index contributed by atoms with van der Waals surface area (Å²) in [7, 11) is 0. The van der Waals surface area contributed by atoms with Crippen molar-refractivity contribution < 1.29 is 4.79 Å². The Labute approximate surface area is 130 Å². The molecule has 0 saturated carbocycles. The maximum atomic E-state index is 12.5. The van der Waals surface area contributed by atoms with Crippen LogP contribution in [0.3, 0.4) is 0 Å². The average molecular weight is 299 g/mol. The summed E-state index contributed by atoms with van der Waals surface area (Å²) in [6.07, 6.45) is 11.0. The Kier molecular flexibility index (Phi) is 4.37. The zero-order valence-corrected chi connectivity index (χ0v) is 12.7. The van der Waals surface area contributed by atoms with Gasteiger partial charge in [-0.15, -0.1) is 0 Å². The number of imidazole rings is 1. The topological polar surface area (TPSA) is 63.1 Å². The second-order valence-electron chi connectivity index (χ2n) is 5.74. The van der Waals surface area contributed by atoms with Crippen molar-refractivity contribution in [1.29, 1.82) is 0 Å². The van der Waals surface area contributed by atoms with Gasteiger partial charge in [0.05, 0.1) is 12.4 Å². The molecular weight excluding hydrogens is 278 g/mol. The van der Waals surface area contributed by atoms with Gasteiger partial charge in [-0.1, -0.05) is 0 Å². The molecule has 1 fully saturated rings. The third kappa shape index (κ3) is 3.27. The molecule has 2 aromatic rings. The molecule has 0 aromatic carbocycles. The first kappa shape index (κ1) is 14.6. The maximum Gasteiger partial charge on any atom is 0.318 e. The van der Waals surface area contributed by atoms with E-state index in [-0.39, 0.29) is 18.1 Å². The van der Waals surface area contributed by atoms with E-state index in [0.29, 0.717) is 0 Å². The van der Waals surface area contributed by atoms with Crippen LogP contribution in [0.1, 0.15) is 31.4 Å². The van der Waals surface area contributed by atoms with E-state index in [2.05, 4.69) is 15.3 Å². The predicted molar refractivity (Wildman–Crippen MR) is 83.1 cm³/mol. The van der Waals surface area contributed by atoms with Gasteiger partial charge >= 0.3 is 6.03 Å². The van der Waals surface area contributed by atoms with E-state index in [1.807, 2.05) is 34.7 Å². The van der Waals surface area contributed by atoms with Crippen molar-refractivity contribution in [2.24, 2.45) is 0 Å². The molecule has 3 heterocycles. The largest absolute Gasteiger partial charge is 0.335 e. The monoisotopic (exact) mass is 299 g/mol. The van der Waals surface area contributed by atoms with Crippen LogP contribution in [0.15, 0.2) is 43.2 Å². The molecule has 1 saturated heterocycles. The normalized spacial score (nSPS) is 19.1. The number of aromatic nitrogens is 3. The molecule has 0 spiro atoms. The minimum Gasteiger partial charge on any atom is -0.335 e. The number of hydrogen-bond donors (Lipinski definition) is 1.